The molecule has 8 heteroatoms. The van der Waals surface area contributed by atoms with Crippen LogP contribution in [-0.4, -0.2) is 70.9 Å². The molecule has 5 N–H and O–H groups in total. The maximum absolute atomic E-state index is 10.6. The summed E-state index contributed by atoms with van der Waals surface area (Å²) < 4.78 is 6.89. The van der Waals surface area contributed by atoms with Gasteiger partial charge in [0, 0.05) is 27.1 Å². The normalized spacial score (nSPS) is 11.0. The van der Waals surface area contributed by atoms with E-state index in [2.05, 4.69) is 35.7 Å². The third-order valence-corrected chi connectivity index (χ3v) is 2.98. The second-order valence-corrected chi connectivity index (χ2v) is 5.98. The standard InChI is InChI=1S/C8H18N2O2.C4H12N2S.C4H11N/c1-7(11)10-8(12-3)5-4-6-9-2;1-5-3-4-6(2)7;1-2-3-4-5/h8-9H,4-6H2,1-3H3,(H,10,11);5,7H,3-4H2,1-2H3;2-5H2,1H3. The summed E-state index contributed by atoms with van der Waals surface area (Å²) in [4.78, 5) is 10.6. The van der Waals surface area contributed by atoms with Crippen molar-refractivity contribution in [1.82, 2.24) is 20.3 Å². The van der Waals surface area contributed by atoms with E-state index in [1.807, 2.05) is 25.4 Å². The quantitative estimate of drug-likeness (QED) is 0.211. The van der Waals surface area contributed by atoms with E-state index in [1.165, 1.54) is 19.8 Å². The lowest BCUT2D eigenvalue weighted by Gasteiger charge is -2.15. The van der Waals surface area contributed by atoms with E-state index in [0.717, 1.165) is 39.0 Å². The van der Waals surface area contributed by atoms with E-state index < -0.39 is 0 Å². The number of hydrogen-bond acceptors (Lipinski definition) is 7. The van der Waals surface area contributed by atoms with Crippen LogP contribution in [-0.2, 0) is 9.53 Å². The number of nitrogens with one attached hydrogen (secondary N) is 3. The van der Waals surface area contributed by atoms with Gasteiger partial charge in [-0.3, -0.25) is 9.10 Å². The minimum Gasteiger partial charge on any atom is -0.362 e. The minimum absolute atomic E-state index is 0.0497. The van der Waals surface area contributed by atoms with Gasteiger partial charge in [-0.1, -0.05) is 26.2 Å². The van der Waals surface area contributed by atoms with Crippen molar-refractivity contribution >= 4 is 18.7 Å². The van der Waals surface area contributed by atoms with Crippen LogP contribution in [0.15, 0.2) is 0 Å². The molecule has 0 aliphatic heterocycles. The Hall–Kier alpha value is -0.380. The van der Waals surface area contributed by atoms with Gasteiger partial charge in [0.15, 0.2) is 0 Å². The zero-order valence-corrected chi connectivity index (χ0v) is 17.4. The van der Waals surface area contributed by atoms with Crippen molar-refractivity contribution in [3.63, 3.8) is 0 Å². The van der Waals surface area contributed by atoms with E-state index in [-0.39, 0.29) is 12.1 Å². The predicted molar refractivity (Wildman–Crippen MR) is 107 cm³/mol. The number of ether oxygens (including phenoxy) is 1. The lowest BCUT2D eigenvalue weighted by atomic mass is 10.3. The molecule has 1 amide bonds. The fourth-order valence-corrected chi connectivity index (χ4v) is 1.52. The molecule has 0 aliphatic rings. The first-order chi connectivity index (χ1) is 11.4. The summed E-state index contributed by atoms with van der Waals surface area (Å²) in [7, 11) is 7.36. The Morgan fingerprint density at radius 1 is 1.25 bits per heavy atom. The number of hydrogen-bond donors (Lipinski definition) is 5. The first kappa shape index (κ1) is 28.4. The van der Waals surface area contributed by atoms with Gasteiger partial charge in [-0.05, 0) is 53.5 Å². The third kappa shape index (κ3) is 33.3. The molecule has 0 fully saturated rings. The average Bonchev–Trinajstić information content (AvgIpc) is 2.53. The number of nitrogens with two attached hydrogens (primary N) is 1. The Kier molecular flexibility index (Phi) is 29.5. The van der Waals surface area contributed by atoms with Gasteiger partial charge in [-0.25, -0.2) is 0 Å². The Morgan fingerprint density at radius 3 is 2.08 bits per heavy atom. The smallest absolute Gasteiger partial charge is 0.218 e. The first-order valence-electron chi connectivity index (χ1n) is 8.58. The SMILES string of the molecule is CCCCN.CNCCCC(NC(C)=O)OC.CNCCN(C)S. The molecule has 24 heavy (non-hydrogen) atoms. The van der Waals surface area contributed by atoms with Crippen LogP contribution in [0, 0.1) is 0 Å². The van der Waals surface area contributed by atoms with Crippen molar-refractivity contribution in [3.8, 4) is 0 Å². The van der Waals surface area contributed by atoms with Crippen LogP contribution < -0.4 is 21.7 Å². The monoisotopic (exact) mass is 367 g/mol. The highest BCUT2D eigenvalue weighted by Crippen LogP contribution is 1.96. The zero-order valence-electron chi connectivity index (χ0n) is 16.5. The molecule has 0 saturated heterocycles. The van der Waals surface area contributed by atoms with E-state index in [9.17, 15) is 4.79 Å². The van der Waals surface area contributed by atoms with E-state index in [1.54, 1.807) is 7.11 Å². The fraction of sp³-hybridized carbons (Fsp3) is 0.938. The summed E-state index contributed by atoms with van der Waals surface area (Å²) in [6.45, 7) is 7.40. The van der Waals surface area contributed by atoms with Crippen LogP contribution in [0.1, 0.15) is 39.5 Å². The topological polar surface area (TPSA) is 91.7 Å². The van der Waals surface area contributed by atoms with Gasteiger partial charge in [0.25, 0.3) is 0 Å². The maximum Gasteiger partial charge on any atom is 0.218 e. The Morgan fingerprint density at radius 2 is 1.83 bits per heavy atom. The molecule has 0 spiro atoms. The van der Waals surface area contributed by atoms with Gasteiger partial charge in [0.05, 0.1) is 0 Å². The number of methoxy groups -OCH3 is 1. The molecule has 0 aromatic heterocycles. The van der Waals surface area contributed by atoms with Crippen LogP contribution in [0.4, 0.5) is 0 Å². The largest absolute Gasteiger partial charge is 0.362 e. The molecule has 1 atom stereocenters. The Labute approximate surface area is 155 Å². The number of unbranched alkanes of at least 4 members (excludes halogenated alkanes) is 1. The van der Waals surface area contributed by atoms with Crippen molar-refractivity contribution in [2.24, 2.45) is 5.73 Å². The molecule has 0 bridgehead atoms. The molecular weight excluding hydrogens is 326 g/mol. The van der Waals surface area contributed by atoms with Crippen molar-refractivity contribution in [2.45, 2.75) is 45.8 Å². The van der Waals surface area contributed by atoms with Crippen molar-refractivity contribution in [1.29, 1.82) is 0 Å². The van der Waals surface area contributed by atoms with Crippen LogP contribution in [0.2, 0.25) is 0 Å². The molecular formula is C16H41N5O2S. The summed E-state index contributed by atoms with van der Waals surface area (Å²) in [5.74, 6) is -0.0497. The van der Waals surface area contributed by atoms with Crippen LogP contribution >= 0.6 is 12.8 Å². The first-order valence-corrected chi connectivity index (χ1v) is 8.98. The second-order valence-electron chi connectivity index (χ2n) is 5.30. The number of likely N-dealkylation sites (N-methyl/N-ethyl adjacent to an activating group) is 2. The van der Waals surface area contributed by atoms with Crippen LogP contribution in [0.25, 0.3) is 0 Å². The maximum atomic E-state index is 10.6. The van der Waals surface area contributed by atoms with Crippen molar-refractivity contribution < 1.29 is 9.53 Å². The molecule has 7 nitrogen and oxygen atoms in total. The third-order valence-electron chi connectivity index (χ3n) is 2.78. The summed E-state index contributed by atoms with van der Waals surface area (Å²) in [5, 5.41) is 8.74. The van der Waals surface area contributed by atoms with Crippen molar-refractivity contribution in [3.05, 3.63) is 0 Å². The van der Waals surface area contributed by atoms with Gasteiger partial charge in [-0.2, -0.15) is 0 Å². The van der Waals surface area contributed by atoms with Crippen LogP contribution in [0.3, 0.4) is 0 Å². The van der Waals surface area contributed by atoms with E-state index >= 15 is 0 Å². The molecule has 1 unspecified atom stereocenters. The highest BCUT2D eigenvalue weighted by molar-refractivity contribution is 7.77. The highest BCUT2D eigenvalue weighted by Gasteiger charge is 2.06. The molecule has 0 aromatic carbocycles. The molecule has 148 valence electrons. The van der Waals surface area contributed by atoms with Gasteiger partial charge in [-0.15, -0.1) is 0 Å². The van der Waals surface area contributed by atoms with E-state index in [0.29, 0.717) is 0 Å². The highest BCUT2D eigenvalue weighted by atomic mass is 32.1. The summed E-state index contributed by atoms with van der Waals surface area (Å²) in [5.41, 5.74) is 5.14. The molecule has 0 heterocycles. The summed E-state index contributed by atoms with van der Waals surface area (Å²) >= 11 is 4.03. The fourth-order valence-electron chi connectivity index (χ4n) is 1.42. The molecule has 0 aromatic rings. The Bertz CT molecular complexity index is 245. The van der Waals surface area contributed by atoms with E-state index in [4.69, 9.17) is 10.5 Å². The Balaban J connectivity index is -0.000000311. The number of thiol groups is 1. The summed E-state index contributed by atoms with van der Waals surface area (Å²) in [6, 6.07) is 0. The lowest BCUT2D eigenvalue weighted by molar-refractivity contribution is -0.122. The van der Waals surface area contributed by atoms with Gasteiger partial charge in [0.1, 0.15) is 6.23 Å². The number of nitrogens with zero attached hydrogens (tertiary/aromatic N) is 1. The molecule has 0 rings (SSSR count). The second kappa shape index (κ2) is 24.9. The van der Waals surface area contributed by atoms with Crippen molar-refractivity contribution in [2.75, 3.05) is 54.4 Å². The summed E-state index contributed by atoms with van der Waals surface area (Å²) in [6.07, 6.45) is 4.08. The molecule has 0 saturated carbocycles. The number of rotatable bonds is 11. The van der Waals surface area contributed by atoms with Gasteiger partial charge < -0.3 is 26.4 Å². The molecule has 0 radical (unpaired) electrons. The molecule has 0 aliphatic carbocycles. The minimum atomic E-state index is -0.143. The lowest BCUT2D eigenvalue weighted by Crippen LogP contribution is -2.34. The predicted octanol–water partition coefficient (Wildman–Crippen LogP) is 0.822. The van der Waals surface area contributed by atoms with Crippen LogP contribution in [0.5, 0.6) is 0 Å². The number of carbonyl (C=O) groups is 1. The number of carbonyl (C=O) groups excluding carboxylic acids is 1. The van der Waals surface area contributed by atoms with Gasteiger partial charge >= 0.3 is 0 Å². The zero-order chi connectivity index (χ0) is 19.2. The average molecular weight is 368 g/mol. The van der Waals surface area contributed by atoms with Gasteiger partial charge in [0.2, 0.25) is 5.91 Å². The number of amides is 1.